The van der Waals surface area contributed by atoms with Crippen LogP contribution in [0.1, 0.15) is 22.3 Å². The van der Waals surface area contributed by atoms with Crippen LogP contribution in [-0.2, 0) is 0 Å². The summed E-state index contributed by atoms with van der Waals surface area (Å²) in [5.41, 5.74) is 13.7. The summed E-state index contributed by atoms with van der Waals surface area (Å²) in [7, 11) is 16.7. The van der Waals surface area contributed by atoms with Crippen LogP contribution in [0.25, 0.3) is 11.1 Å². The molecule has 6 heteroatoms. The summed E-state index contributed by atoms with van der Waals surface area (Å²) in [4.78, 5) is 8.59. The van der Waals surface area contributed by atoms with Crippen LogP contribution in [0.2, 0.25) is 0 Å². The van der Waals surface area contributed by atoms with Crippen LogP contribution in [0.15, 0.2) is 146 Å². The van der Waals surface area contributed by atoms with Crippen LogP contribution in [0.5, 0.6) is 0 Å². The predicted octanol–water partition coefficient (Wildman–Crippen LogP) is 9.42. The average Bonchev–Trinajstić information content (AvgIpc) is 3.16. The van der Waals surface area contributed by atoms with Crippen molar-refractivity contribution in [2.24, 2.45) is 0 Å². The molecule has 6 aromatic carbocycles. The summed E-state index contributed by atoms with van der Waals surface area (Å²) < 4.78 is 0. The Morgan fingerprint density at radius 2 is 0.538 bits per heavy atom. The zero-order valence-corrected chi connectivity index (χ0v) is 31.5. The smallest absolute Gasteiger partial charge is 0.157 e. The Morgan fingerprint density at radius 3 is 0.769 bits per heavy atom. The number of hydrogen-bond donors (Lipinski definition) is 0. The molecule has 0 spiro atoms. The van der Waals surface area contributed by atoms with Crippen LogP contribution in [0.3, 0.4) is 0 Å². The van der Waals surface area contributed by atoms with Crippen LogP contribution in [0.4, 0.5) is 34.1 Å². The molecule has 1 heterocycles. The number of fused-ring (bicyclic) bond motifs is 3. The lowest BCUT2D eigenvalue weighted by Crippen LogP contribution is -2.51. The first-order chi connectivity index (χ1) is 25.1. The fraction of sp³-hybridized carbons (Fsp3) is 0.174. The largest absolute Gasteiger partial charge is 0.377 e. The molecular weight excluding hydrogens is 637 g/mol. The van der Waals surface area contributed by atoms with Gasteiger partial charge in [0.25, 0.3) is 0 Å². The summed E-state index contributed by atoms with van der Waals surface area (Å²) >= 11 is 0. The molecule has 0 atom stereocenters. The van der Waals surface area contributed by atoms with Gasteiger partial charge in [0.05, 0.1) is 56.4 Å². The van der Waals surface area contributed by atoms with Gasteiger partial charge in [-0.05, 0) is 60.7 Å². The first-order valence-electron chi connectivity index (χ1n) is 17.8. The maximum absolute atomic E-state index is 2.45. The van der Waals surface area contributed by atoms with Crippen molar-refractivity contribution < 1.29 is 0 Å². The minimum absolute atomic E-state index is 1.09. The fourth-order valence-corrected chi connectivity index (χ4v) is 6.92. The van der Waals surface area contributed by atoms with E-state index in [-0.39, 0.29) is 0 Å². The number of hydrazine groups is 1. The first-order valence-corrected chi connectivity index (χ1v) is 17.8. The number of benzene rings is 6. The molecular formula is C46H48N6+2. The summed E-state index contributed by atoms with van der Waals surface area (Å²) in [6.07, 6.45) is 0. The van der Waals surface area contributed by atoms with E-state index in [0.717, 1.165) is 68.5 Å². The Hall–Kier alpha value is -6.14. The molecule has 1 aliphatic heterocycles. The third-order valence-corrected chi connectivity index (χ3v) is 9.81. The quantitative estimate of drug-likeness (QED) is 0.133. The van der Waals surface area contributed by atoms with Crippen molar-refractivity contribution in [1.82, 2.24) is 0 Å². The van der Waals surface area contributed by atoms with Crippen molar-refractivity contribution >= 4 is 34.1 Å². The van der Waals surface area contributed by atoms with Crippen molar-refractivity contribution in [2.75, 3.05) is 86.0 Å². The Labute approximate surface area is 310 Å². The zero-order valence-electron chi connectivity index (χ0n) is 31.5. The standard InChI is InChI=1S/C46H48N6/c1-47(2)37-25-17-33(18-26-37)45(34-19-27-38(28-20-34)48(3)4)51-43-15-11-9-13-41(43)42-14-10-12-16-44(42)52(51)46(35-21-29-39(30-22-35)49(5)6)36-23-31-40(32-24-36)50(7)8/h9-32H,1-8H3/q+2. The van der Waals surface area contributed by atoms with Gasteiger partial charge < -0.3 is 19.6 Å². The lowest BCUT2D eigenvalue weighted by atomic mass is 9.90. The summed E-state index contributed by atoms with van der Waals surface area (Å²) in [5.74, 6) is 0. The molecule has 260 valence electrons. The highest BCUT2D eigenvalue weighted by molar-refractivity contribution is 5.96. The van der Waals surface area contributed by atoms with Gasteiger partial charge in [0, 0.05) is 116 Å². The van der Waals surface area contributed by atoms with E-state index >= 15 is 0 Å². The van der Waals surface area contributed by atoms with Gasteiger partial charge in [-0.25, -0.2) is 10.0 Å². The number of anilines is 6. The van der Waals surface area contributed by atoms with E-state index in [2.05, 4.69) is 232 Å². The predicted molar refractivity (Wildman–Crippen MR) is 223 cm³/mol. The van der Waals surface area contributed by atoms with E-state index in [9.17, 15) is 0 Å². The van der Waals surface area contributed by atoms with Gasteiger partial charge in [-0.15, -0.1) is 0 Å². The summed E-state index contributed by atoms with van der Waals surface area (Å²) in [5, 5.41) is 4.89. The highest BCUT2D eigenvalue weighted by atomic mass is 15.7. The molecule has 52 heavy (non-hydrogen) atoms. The van der Waals surface area contributed by atoms with Gasteiger partial charge in [0.2, 0.25) is 0 Å². The molecule has 0 aliphatic carbocycles. The van der Waals surface area contributed by atoms with Gasteiger partial charge in [-0.2, -0.15) is 0 Å². The first kappa shape index (κ1) is 34.3. The third-order valence-electron chi connectivity index (χ3n) is 9.81. The summed E-state index contributed by atoms with van der Waals surface area (Å²) in [6, 6.07) is 55.5. The molecule has 0 amide bonds. The second kappa shape index (κ2) is 14.2. The van der Waals surface area contributed by atoms with Gasteiger partial charge in [-0.1, -0.05) is 36.4 Å². The molecule has 0 aromatic heterocycles. The second-order valence-corrected chi connectivity index (χ2v) is 14.1. The van der Waals surface area contributed by atoms with Gasteiger partial charge in [0.1, 0.15) is 0 Å². The van der Waals surface area contributed by atoms with Crippen LogP contribution in [0, 0.1) is 12.1 Å². The van der Waals surface area contributed by atoms with Crippen molar-refractivity contribution in [3.8, 4) is 11.1 Å². The Morgan fingerprint density at radius 1 is 0.308 bits per heavy atom. The monoisotopic (exact) mass is 684 g/mol. The minimum Gasteiger partial charge on any atom is -0.377 e. The Kier molecular flexibility index (Phi) is 9.39. The second-order valence-electron chi connectivity index (χ2n) is 14.1. The minimum atomic E-state index is 1.09. The fourth-order valence-electron chi connectivity index (χ4n) is 6.92. The van der Waals surface area contributed by atoms with E-state index in [1.807, 2.05) is 0 Å². The Bertz CT molecular complexity index is 1840. The molecule has 1 aliphatic rings. The van der Waals surface area contributed by atoms with E-state index in [0.29, 0.717) is 0 Å². The SMILES string of the molecule is CN(C)c1ccc([C+](c2ccc(N(C)C)cc2)N2c3ccccc3-c3ccccc3N2[C+](c2ccc(N(C)C)cc2)c2ccc(N(C)C)cc2)cc1. The van der Waals surface area contributed by atoms with E-state index in [4.69, 9.17) is 0 Å². The number of nitrogens with zero attached hydrogens (tertiary/aromatic N) is 6. The van der Waals surface area contributed by atoms with Crippen LogP contribution >= 0.6 is 0 Å². The normalized spacial score (nSPS) is 11.8. The highest BCUT2D eigenvalue weighted by Crippen LogP contribution is 2.51. The average molecular weight is 685 g/mol. The molecule has 0 bridgehead atoms. The molecule has 0 N–H and O–H groups in total. The van der Waals surface area contributed by atoms with Crippen molar-refractivity contribution in [1.29, 1.82) is 0 Å². The van der Waals surface area contributed by atoms with Crippen molar-refractivity contribution in [3.05, 3.63) is 180 Å². The van der Waals surface area contributed by atoms with Crippen molar-refractivity contribution in [2.45, 2.75) is 0 Å². The number of hydrogen-bond acceptors (Lipinski definition) is 6. The van der Waals surface area contributed by atoms with Gasteiger partial charge in [-0.3, -0.25) is 0 Å². The lowest BCUT2D eigenvalue weighted by Gasteiger charge is -2.46. The highest BCUT2D eigenvalue weighted by Gasteiger charge is 2.45. The molecule has 6 nitrogen and oxygen atoms in total. The van der Waals surface area contributed by atoms with E-state index in [1.54, 1.807) is 0 Å². The van der Waals surface area contributed by atoms with Gasteiger partial charge >= 0.3 is 0 Å². The Balaban J connectivity index is 1.53. The lowest BCUT2D eigenvalue weighted by molar-refractivity contribution is 0.782. The number of para-hydroxylation sites is 2. The maximum Gasteiger partial charge on any atom is 0.157 e. The van der Waals surface area contributed by atoms with E-state index in [1.165, 1.54) is 11.1 Å². The number of rotatable bonds is 10. The maximum atomic E-state index is 2.45. The van der Waals surface area contributed by atoms with Crippen molar-refractivity contribution in [3.63, 3.8) is 0 Å². The molecule has 0 saturated heterocycles. The molecule has 0 fully saturated rings. The topological polar surface area (TPSA) is 19.4 Å². The molecule has 0 saturated carbocycles. The van der Waals surface area contributed by atoms with Crippen LogP contribution in [-0.4, -0.2) is 56.4 Å². The third kappa shape index (κ3) is 6.44. The molecule has 6 aromatic rings. The molecule has 0 unspecified atom stereocenters. The zero-order chi connectivity index (χ0) is 36.5. The molecule has 7 rings (SSSR count). The van der Waals surface area contributed by atoms with Gasteiger partial charge in [0.15, 0.2) is 12.1 Å². The van der Waals surface area contributed by atoms with Crippen LogP contribution < -0.4 is 29.6 Å². The molecule has 0 radical (unpaired) electrons. The van der Waals surface area contributed by atoms with E-state index < -0.39 is 0 Å². The summed E-state index contributed by atoms with van der Waals surface area (Å²) in [6.45, 7) is 0.